The summed E-state index contributed by atoms with van der Waals surface area (Å²) in [7, 11) is 1.56. The van der Waals surface area contributed by atoms with Crippen LogP contribution in [0.3, 0.4) is 0 Å². The molecule has 1 aliphatic heterocycles. The van der Waals surface area contributed by atoms with Gasteiger partial charge in [0.25, 0.3) is 11.8 Å². The predicted octanol–water partition coefficient (Wildman–Crippen LogP) is 2.50. The highest BCUT2D eigenvalue weighted by Gasteiger charge is 2.29. The van der Waals surface area contributed by atoms with Crippen LogP contribution in [0.4, 0.5) is 5.00 Å². The number of hydrogen-bond acceptors (Lipinski definition) is 5. The van der Waals surface area contributed by atoms with E-state index in [2.05, 4.69) is 10.6 Å². The molecule has 1 aliphatic rings. The van der Waals surface area contributed by atoms with Crippen molar-refractivity contribution in [2.24, 2.45) is 0 Å². The van der Waals surface area contributed by atoms with E-state index in [1.165, 1.54) is 11.3 Å². The normalized spacial score (nSPS) is 15.7. The Morgan fingerprint density at radius 1 is 1.21 bits per heavy atom. The van der Waals surface area contributed by atoms with Gasteiger partial charge in [-0.15, -0.1) is 11.3 Å². The van der Waals surface area contributed by atoms with Gasteiger partial charge in [0.05, 0.1) is 5.56 Å². The molecule has 1 aromatic heterocycles. The van der Waals surface area contributed by atoms with Crippen LogP contribution in [0, 0.1) is 13.8 Å². The number of benzene rings is 1. The van der Waals surface area contributed by atoms with E-state index in [0.29, 0.717) is 22.1 Å². The number of anilines is 1. The van der Waals surface area contributed by atoms with Crippen molar-refractivity contribution in [1.29, 1.82) is 0 Å². The largest absolute Gasteiger partial charge is 0.485 e. The van der Waals surface area contributed by atoms with Gasteiger partial charge in [-0.1, -0.05) is 12.1 Å². The molecule has 2 aromatic rings. The van der Waals surface area contributed by atoms with Gasteiger partial charge in [0.1, 0.15) is 11.6 Å². The molecule has 0 spiro atoms. The first kappa shape index (κ1) is 16.3. The number of para-hydroxylation sites is 2. The van der Waals surface area contributed by atoms with E-state index in [4.69, 9.17) is 9.47 Å². The number of carbonyl (C=O) groups excluding carboxylic acids is 2. The molecule has 0 fully saturated rings. The highest BCUT2D eigenvalue weighted by Crippen LogP contribution is 2.34. The monoisotopic (exact) mass is 346 g/mol. The van der Waals surface area contributed by atoms with Gasteiger partial charge in [-0.25, -0.2) is 0 Å². The second-order valence-electron chi connectivity index (χ2n) is 5.42. The predicted molar refractivity (Wildman–Crippen MR) is 92.2 cm³/mol. The number of fused-ring (bicyclic) bond motifs is 1. The maximum Gasteiger partial charge on any atom is 0.269 e. The summed E-state index contributed by atoms with van der Waals surface area (Å²) in [5, 5.41) is 5.93. The van der Waals surface area contributed by atoms with E-state index in [-0.39, 0.29) is 18.4 Å². The van der Waals surface area contributed by atoms with Gasteiger partial charge >= 0.3 is 0 Å². The summed E-state index contributed by atoms with van der Waals surface area (Å²) in [5.74, 6) is 0.596. The van der Waals surface area contributed by atoms with Gasteiger partial charge in [0.2, 0.25) is 6.10 Å². The van der Waals surface area contributed by atoms with Crippen molar-refractivity contribution in [2.75, 3.05) is 19.0 Å². The topological polar surface area (TPSA) is 76.7 Å². The van der Waals surface area contributed by atoms with Crippen LogP contribution >= 0.6 is 11.3 Å². The average Bonchev–Trinajstić information content (AvgIpc) is 2.87. The molecule has 1 atom stereocenters. The lowest BCUT2D eigenvalue weighted by molar-refractivity contribution is -0.125. The fourth-order valence-corrected chi connectivity index (χ4v) is 3.52. The molecule has 7 heteroatoms. The lowest BCUT2D eigenvalue weighted by atomic mass is 10.1. The molecule has 126 valence electrons. The fourth-order valence-electron chi connectivity index (χ4n) is 2.45. The highest BCUT2D eigenvalue weighted by atomic mass is 32.1. The molecule has 1 aromatic carbocycles. The molecular formula is C17H18N2O4S. The number of thiophene rings is 1. The highest BCUT2D eigenvalue weighted by molar-refractivity contribution is 7.16. The lowest BCUT2D eigenvalue weighted by Gasteiger charge is -2.25. The van der Waals surface area contributed by atoms with Crippen molar-refractivity contribution >= 4 is 28.2 Å². The van der Waals surface area contributed by atoms with Crippen molar-refractivity contribution in [1.82, 2.24) is 5.32 Å². The molecule has 6 nitrogen and oxygen atoms in total. The quantitative estimate of drug-likeness (QED) is 0.895. The number of ether oxygens (including phenoxy) is 2. The van der Waals surface area contributed by atoms with Gasteiger partial charge in [-0.3, -0.25) is 9.59 Å². The maximum absolute atomic E-state index is 12.5. The second kappa shape index (κ2) is 6.52. The van der Waals surface area contributed by atoms with Gasteiger partial charge < -0.3 is 20.1 Å². The van der Waals surface area contributed by atoms with Gasteiger partial charge in [-0.2, -0.15) is 0 Å². The number of aryl methyl sites for hydroxylation is 1. The summed E-state index contributed by atoms with van der Waals surface area (Å²) in [6.45, 7) is 3.91. The third-order valence-electron chi connectivity index (χ3n) is 3.88. The van der Waals surface area contributed by atoms with Crippen LogP contribution in [0.2, 0.25) is 0 Å². The summed E-state index contributed by atoms with van der Waals surface area (Å²) >= 11 is 1.37. The van der Waals surface area contributed by atoms with Gasteiger partial charge in [0, 0.05) is 11.9 Å². The van der Waals surface area contributed by atoms with E-state index in [1.54, 1.807) is 19.2 Å². The Kier molecular flexibility index (Phi) is 4.44. The number of amides is 2. The molecule has 3 rings (SSSR count). The van der Waals surface area contributed by atoms with Crippen LogP contribution in [0.15, 0.2) is 24.3 Å². The van der Waals surface area contributed by atoms with E-state index >= 15 is 0 Å². The molecule has 0 aliphatic carbocycles. The molecule has 0 unspecified atom stereocenters. The molecule has 2 amide bonds. The molecule has 2 N–H and O–H groups in total. The fraction of sp³-hybridized carbons (Fsp3) is 0.294. The van der Waals surface area contributed by atoms with Crippen molar-refractivity contribution < 1.29 is 19.1 Å². The van der Waals surface area contributed by atoms with Gasteiger partial charge in [-0.05, 0) is 31.5 Å². The summed E-state index contributed by atoms with van der Waals surface area (Å²) < 4.78 is 11.3. The first-order valence-corrected chi connectivity index (χ1v) is 8.34. The molecule has 2 heterocycles. The summed E-state index contributed by atoms with van der Waals surface area (Å²) in [6, 6.07) is 7.21. The van der Waals surface area contributed by atoms with E-state index in [0.717, 1.165) is 10.4 Å². The third kappa shape index (κ3) is 2.94. The van der Waals surface area contributed by atoms with E-state index in [9.17, 15) is 9.59 Å². The minimum atomic E-state index is -0.764. The molecule has 24 heavy (non-hydrogen) atoms. The summed E-state index contributed by atoms with van der Waals surface area (Å²) in [6.07, 6.45) is -0.764. The smallest absolute Gasteiger partial charge is 0.269 e. The SMILES string of the molecule is CNC(=O)c1c(NC(=O)[C@@H]2COc3ccccc3O2)sc(C)c1C. The van der Waals surface area contributed by atoms with E-state index < -0.39 is 6.10 Å². The minimum Gasteiger partial charge on any atom is -0.485 e. The molecule has 0 saturated carbocycles. The summed E-state index contributed by atoms with van der Waals surface area (Å²) in [4.78, 5) is 25.6. The number of rotatable bonds is 3. The van der Waals surface area contributed by atoms with Crippen LogP contribution in [-0.4, -0.2) is 31.6 Å². The second-order valence-corrected chi connectivity index (χ2v) is 6.64. The number of hydrogen-bond donors (Lipinski definition) is 2. The van der Waals surface area contributed by atoms with Crippen molar-refractivity contribution in [3.05, 3.63) is 40.3 Å². The van der Waals surface area contributed by atoms with Crippen LogP contribution < -0.4 is 20.1 Å². The standard InChI is InChI=1S/C17H18N2O4S/c1-9-10(2)24-17(14(9)16(21)18-3)19-15(20)13-8-22-11-6-4-5-7-12(11)23-13/h4-7,13H,8H2,1-3H3,(H,18,21)(H,19,20)/t13-/m0/s1. The number of carbonyl (C=O) groups is 2. The Morgan fingerprint density at radius 3 is 2.62 bits per heavy atom. The Labute approximate surface area is 143 Å². The minimum absolute atomic E-state index is 0.126. The Balaban J connectivity index is 1.79. The average molecular weight is 346 g/mol. The first-order valence-electron chi connectivity index (χ1n) is 7.52. The van der Waals surface area contributed by atoms with E-state index in [1.807, 2.05) is 26.0 Å². The Hall–Kier alpha value is -2.54. The zero-order valence-corrected chi connectivity index (χ0v) is 14.5. The van der Waals surface area contributed by atoms with Crippen LogP contribution in [0.5, 0.6) is 11.5 Å². The van der Waals surface area contributed by atoms with Crippen molar-refractivity contribution in [3.63, 3.8) is 0 Å². The van der Waals surface area contributed by atoms with Crippen LogP contribution in [0.1, 0.15) is 20.8 Å². The summed E-state index contributed by atoms with van der Waals surface area (Å²) in [5.41, 5.74) is 1.35. The Morgan fingerprint density at radius 2 is 1.92 bits per heavy atom. The first-order chi connectivity index (χ1) is 11.5. The zero-order chi connectivity index (χ0) is 17.3. The van der Waals surface area contributed by atoms with Crippen LogP contribution in [0.25, 0.3) is 0 Å². The molecule has 0 bridgehead atoms. The maximum atomic E-state index is 12.5. The molecule has 0 saturated heterocycles. The lowest BCUT2D eigenvalue weighted by Crippen LogP contribution is -2.40. The third-order valence-corrected chi connectivity index (χ3v) is 5.00. The molecule has 0 radical (unpaired) electrons. The molecular weight excluding hydrogens is 328 g/mol. The van der Waals surface area contributed by atoms with Crippen LogP contribution in [-0.2, 0) is 4.79 Å². The zero-order valence-electron chi connectivity index (χ0n) is 13.6. The van der Waals surface area contributed by atoms with Crippen molar-refractivity contribution in [2.45, 2.75) is 20.0 Å². The number of nitrogens with one attached hydrogen (secondary N) is 2. The van der Waals surface area contributed by atoms with Gasteiger partial charge in [0.15, 0.2) is 11.5 Å². The van der Waals surface area contributed by atoms with Crippen molar-refractivity contribution in [3.8, 4) is 11.5 Å². The Bertz CT molecular complexity index is 800.